The van der Waals surface area contributed by atoms with Crippen molar-refractivity contribution in [1.82, 2.24) is 29.9 Å². The molecular formula is C24H20FN7O2. The molecule has 170 valence electrons. The maximum Gasteiger partial charge on any atom is 0.254 e. The zero-order valence-electron chi connectivity index (χ0n) is 18.0. The van der Waals surface area contributed by atoms with E-state index in [1.165, 1.54) is 12.1 Å². The summed E-state index contributed by atoms with van der Waals surface area (Å²) in [5, 5.41) is 13.0. The lowest BCUT2D eigenvalue weighted by molar-refractivity contribution is 0.0947. The van der Waals surface area contributed by atoms with Gasteiger partial charge < -0.3 is 15.1 Å². The second-order valence-corrected chi connectivity index (χ2v) is 8.20. The summed E-state index contributed by atoms with van der Waals surface area (Å²) < 4.78 is 22.0. The fourth-order valence-corrected chi connectivity index (χ4v) is 3.78. The maximum atomic E-state index is 14.9. The lowest BCUT2D eigenvalue weighted by Crippen LogP contribution is -2.26. The van der Waals surface area contributed by atoms with E-state index in [9.17, 15) is 9.18 Å². The minimum atomic E-state index is -0.577. The zero-order valence-corrected chi connectivity index (χ0v) is 18.0. The number of fused-ring (bicyclic) bond motifs is 1. The van der Waals surface area contributed by atoms with Gasteiger partial charge >= 0.3 is 0 Å². The zero-order chi connectivity index (χ0) is 23.1. The Hall–Kier alpha value is -4.47. The van der Waals surface area contributed by atoms with Crippen LogP contribution in [0.2, 0.25) is 0 Å². The van der Waals surface area contributed by atoms with Gasteiger partial charge in [0.05, 0.1) is 47.9 Å². The van der Waals surface area contributed by atoms with Crippen molar-refractivity contribution in [3.8, 4) is 22.5 Å². The number of anilines is 1. The van der Waals surface area contributed by atoms with Crippen LogP contribution in [0.25, 0.3) is 28.2 Å². The first kappa shape index (κ1) is 20.2. The molecule has 6 rings (SSSR count). The Balaban J connectivity index is 1.40. The van der Waals surface area contributed by atoms with E-state index < -0.39 is 5.82 Å². The third kappa shape index (κ3) is 3.79. The Labute approximate surface area is 193 Å². The number of amides is 1. The molecule has 4 aromatic heterocycles. The molecule has 9 nitrogen and oxygen atoms in total. The van der Waals surface area contributed by atoms with Crippen LogP contribution in [0.1, 0.15) is 28.9 Å². The normalized spacial score (nSPS) is 13.3. The van der Waals surface area contributed by atoms with Gasteiger partial charge in [0.1, 0.15) is 5.82 Å². The fraction of sp³-hybridized carbons (Fsp3) is 0.167. The Morgan fingerprint density at radius 1 is 1.24 bits per heavy atom. The van der Waals surface area contributed by atoms with Crippen molar-refractivity contribution in [1.29, 1.82) is 0 Å². The number of hydrogen-bond donors (Lipinski definition) is 3. The van der Waals surface area contributed by atoms with Crippen molar-refractivity contribution in [2.45, 2.75) is 25.4 Å². The maximum absolute atomic E-state index is 14.9. The van der Waals surface area contributed by atoms with Gasteiger partial charge in [0.15, 0.2) is 11.5 Å². The van der Waals surface area contributed by atoms with Crippen molar-refractivity contribution in [2.24, 2.45) is 0 Å². The van der Waals surface area contributed by atoms with Crippen LogP contribution in [0.4, 0.5) is 10.2 Å². The Morgan fingerprint density at radius 2 is 2.15 bits per heavy atom. The van der Waals surface area contributed by atoms with Gasteiger partial charge in [-0.25, -0.2) is 14.4 Å². The number of carbonyl (C=O) groups is 1. The van der Waals surface area contributed by atoms with E-state index in [0.717, 1.165) is 24.1 Å². The number of H-pyrrole nitrogens is 1. The quantitative estimate of drug-likeness (QED) is 0.340. The third-order valence-corrected chi connectivity index (χ3v) is 5.74. The molecule has 5 aromatic rings. The van der Waals surface area contributed by atoms with E-state index in [1.807, 2.05) is 22.7 Å². The van der Waals surface area contributed by atoms with Crippen LogP contribution in [-0.2, 0) is 6.54 Å². The topological polar surface area (TPSA) is 113 Å². The molecular weight excluding hydrogens is 437 g/mol. The Bertz CT molecular complexity index is 1470. The first-order valence-electron chi connectivity index (χ1n) is 10.9. The van der Waals surface area contributed by atoms with E-state index in [0.29, 0.717) is 35.0 Å². The molecule has 1 aromatic carbocycles. The minimum Gasteiger partial charge on any atom is -0.472 e. The number of halogens is 1. The molecule has 34 heavy (non-hydrogen) atoms. The highest BCUT2D eigenvalue weighted by molar-refractivity contribution is 5.95. The summed E-state index contributed by atoms with van der Waals surface area (Å²) in [5.74, 6) is -0.408. The number of benzene rings is 1. The monoisotopic (exact) mass is 457 g/mol. The van der Waals surface area contributed by atoms with Crippen molar-refractivity contribution in [3.63, 3.8) is 0 Å². The number of furan rings is 1. The van der Waals surface area contributed by atoms with E-state index in [2.05, 4.69) is 25.8 Å². The largest absolute Gasteiger partial charge is 0.472 e. The van der Waals surface area contributed by atoms with Gasteiger partial charge in [-0.1, -0.05) is 6.07 Å². The van der Waals surface area contributed by atoms with Crippen LogP contribution in [0.15, 0.2) is 65.9 Å². The lowest BCUT2D eigenvalue weighted by Gasteiger charge is -2.11. The van der Waals surface area contributed by atoms with Crippen molar-refractivity contribution >= 4 is 17.4 Å². The molecule has 10 heteroatoms. The SMILES string of the molecule is O=C(NC1CC1)c1ccc(-c2cnc3c(NCc4ccn[nH]4)nc(-c4ccoc4)cn23)cc1F. The number of rotatable bonds is 7. The van der Waals surface area contributed by atoms with Gasteiger partial charge in [0.2, 0.25) is 0 Å². The summed E-state index contributed by atoms with van der Waals surface area (Å²) >= 11 is 0. The molecule has 4 heterocycles. The molecule has 1 saturated carbocycles. The Morgan fingerprint density at radius 3 is 2.88 bits per heavy atom. The predicted octanol–water partition coefficient (Wildman–Crippen LogP) is 4.02. The summed E-state index contributed by atoms with van der Waals surface area (Å²) in [6.45, 7) is 0.471. The van der Waals surface area contributed by atoms with Gasteiger partial charge in [-0.05, 0) is 37.1 Å². The lowest BCUT2D eigenvalue weighted by atomic mass is 10.1. The molecule has 1 aliphatic rings. The third-order valence-electron chi connectivity index (χ3n) is 5.74. The standard InChI is InChI=1S/C24H20FN7O2/c25-19-9-14(1-4-18(19)24(33)29-16-2-3-16)21-11-27-23-22(26-10-17-5-7-28-31-17)30-20(12-32(21)23)15-6-8-34-13-15/h1,4-9,11-13,16H,2-3,10H2,(H,26,30)(H,28,31)(H,29,33). The predicted molar refractivity (Wildman–Crippen MR) is 122 cm³/mol. The highest BCUT2D eigenvalue weighted by atomic mass is 19.1. The average molecular weight is 457 g/mol. The van der Waals surface area contributed by atoms with E-state index in [-0.39, 0.29) is 17.5 Å². The highest BCUT2D eigenvalue weighted by Gasteiger charge is 2.25. The van der Waals surface area contributed by atoms with Crippen LogP contribution in [0.5, 0.6) is 0 Å². The molecule has 0 radical (unpaired) electrons. The number of nitrogens with one attached hydrogen (secondary N) is 3. The van der Waals surface area contributed by atoms with Crippen LogP contribution in [0.3, 0.4) is 0 Å². The van der Waals surface area contributed by atoms with Gasteiger partial charge in [-0.2, -0.15) is 5.10 Å². The number of carbonyl (C=O) groups excluding carboxylic acids is 1. The van der Waals surface area contributed by atoms with Crippen molar-refractivity contribution < 1.29 is 13.6 Å². The molecule has 0 bridgehead atoms. The van der Waals surface area contributed by atoms with Gasteiger partial charge in [0, 0.05) is 29.6 Å². The van der Waals surface area contributed by atoms with E-state index in [4.69, 9.17) is 9.40 Å². The van der Waals surface area contributed by atoms with Gasteiger partial charge in [0.25, 0.3) is 5.91 Å². The fourth-order valence-electron chi connectivity index (χ4n) is 3.78. The van der Waals surface area contributed by atoms with Gasteiger partial charge in [-0.3, -0.25) is 14.3 Å². The second kappa shape index (κ2) is 8.14. The first-order chi connectivity index (χ1) is 16.7. The summed E-state index contributed by atoms with van der Waals surface area (Å²) in [5.41, 5.74) is 4.22. The summed E-state index contributed by atoms with van der Waals surface area (Å²) in [7, 11) is 0. The van der Waals surface area contributed by atoms with Crippen LogP contribution in [-0.4, -0.2) is 36.5 Å². The smallest absolute Gasteiger partial charge is 0.254 e. The van der Waals surface area contributed by atoms with Crippen LogP contribution < -0.4 is 10.6 Å². The number of aromatic nitrogens is 5. The molecule has 0 unspecified atom stereocenters. The number of imidazole rings is 1. The average Bonchev–Trinajstić information content (AvgIpc) is 3.28. The van der Waals surface area contributed by atoms with Crippen LogP contribution in [0, 0.1) is 5.82 Å². The van der Waals surface area contributed by atoms with Crippen molar-refractivity contribution in [3.05, 3.63) is 78.5 Å². The number of hydrogen-bond acceptors (Lipinski definition) is 6. The number of nitrogens with zero attached hydrogens (tertiary/aromatic N) is 4. The summed E-state index contributed by atoms with van der Waals surface area (Å²) in [4.78, 5) is 21.6. The van der Waals surface area contributed by atoms with E-state index >= 15 is 0 Å². The van der Waals surface area contributed by atoms with Crippen LogP contribution >= 0.6 is 0 Å². The molecule has 3 N–H and O–H groups in total. The summed E-state index contributed by atoms with van der Waals surface area (Å²) in [6.07, 6.45) is 10.2. The molecule has 1 aliphatic carbocycles. The first-order valence-corrected chi connectivity index (χ1v) is 10.9. The molecule has 1 fully saturated rings. The van der Waals surface area contributed by atoms with E-state index in [1.54, 1.807) is 31.0 Å². The molecule has 0 saturated heterocycles. The molecule has 0 aliphatic heterocycles. The van der Waals surface area contributed by atoms with Gasteiger partial charge in [-0.15, -0.1) is 0 Å². The number of aromatic amines is 1. The highest BCUT2D eigenvalue weighted by Crippen LogP contribution is 2.29. The molecule has 1 amide bonds. The second-order valence-electron chi connectivity index (χ2n) is 8.20. The Kier molecular flexibility index (Phi) is 4.83. The van der Waals surface area contributed by atoms with Crippen molar-refractivity contribution in [2.75, 3.05) is 5.32 Å². The summed E-state index contributed by atoms with van der Waals surface area (Å²) in [6, 6.07) is 8.44. The minimum absolute atomic E-state index is 0.0344. The molecule has 0 atom stereocenters. The molecule has 0 spiro atoms.